The molecule has 0 saturated heterocycles. The van der Waals surface area contributed by atoms with Crippen molar-refractivity contribution in [2.75, 3.05) is 26.6 Å². The number of carbonyl (C=O) groups excluding carboxylic acids is 2. The van der Waals surface area contributed by atoms with E-state index in [2.05, 4.69) is 22.6 Å². The first-order valence-corrected chi connectivity index (χ1v) is 19.6. The summed E-state index contributed by atoms with van der Waals surface area (Å²) in [6.45, 7) is 4.26. The van der Waals surface area contributed by atoms with Crippen molar-refractivity contribution in [3.05, 3.63) is 148 Å². The molecular weight excluding hydrogens is 811 g/mol. The SMILES string of the molecule is CCOC(=O)C1=C(c2ccccc2)N=c2s/c(=C\c3cc(I)c(OCc4ccc(C(=O)OCC)cc4)c(OC)c3)c(=O)n2[C@H]1c1ccc(SC)cc1. The highest BCUT2D eigenvalue weighted by Gasteiger charge is 2.35. The molecule has 1 atom stereocenters. The Bertz CT molecular complexity index is 2320. The van der Waals surface area contributed by atoms with Gasteiger partial charge in [0.2, 0.25) is 0 Å². The molecule has 2 heterocycles. The van der Waals surface area contributed by atoms with Crippen LogP contribution in [0.2, 0.25) is 0 Å². The summed E-state index contributed by atoms with van der Waals surface area (Å²) in [7, 11) is 1.56. The summed E-state index contributed by atoms with van der Waals surface area (Å²) in [5.41, 5.74) is 4.08. The van der Waals surface area contributed by atoms with E-state index in [9.17, 15) is 14.4 Å². The summed E-state index contributed by atoms with van der Waals surface area (Å²) in [6, 6.07) is 27.4. The maximum absolute atomic E-state index is 14.4. The Balaban J connectivity index is 1.41. The van der Waals surface area contributed by atoms with Crippen molar-refractivity contribution in [2.24, 2.45) is 4.99 Å². The fraction of sp³-hybridized carbons (Fsp3) is 0.200. The third kappa shape index (κ3) is 7.88. The number of fused-ring (bicyclic) bond motifs is 1. The number of esters is 2. The van der Waals surface area contributed by atoms with Crippen LogP contribution >= 0.6 is 45.7 Å². The van der Waals surface area contributed by atoms with Crippen molar-refractivity contribution < 1.29 is 28.5 Å². The van der Waals surface area contributed by atoms with Gasteiger partial charge in [0.1, 0.15) is 6.61 Å². The molecule has 9 nitrogen and oxygen atoms in total. The van der Waals surface area contributed by atoms with Crippen LogP contribution in [0.15, 0.2) is 111 Å². The Morgan fingerprint density at radius 2 is 1.63 bits per heavy atom. The third-order valence-corrected chi connectivity index (χ3v) is 10.7. The van der Waals surface area contributed by atoms with Gasteiger partial charge in [-0.2, -0.15) is 0 Å². The van der Waals surface area contributed by atoms with Gasteiger partial charge in [0.15, 0.2) is 16.3 Å². The zero-order valence-corrected chi connectivity index (χ0v) is 32.7. The van der Waals surface area contributed by atoms with Gasteiger partial charge < -0.3 is 18.9 Å². The smallest absolute Gasteiger partial charge is 0.338 e. The average molecular weight is 847 g/mol. The van der Waals surface area contributed by atoms with Gasteiger partial charge in [0.25, 0.3) is 5.56 Å². The number of thiazole rings is 1. The molecule has 0 unspecified atom stereocenters. The molecule has 4 aromatic carbocycles. The fourth-order valence-corrected chi connectivity index (χ4v) is 7.95. The monoisotopic (exact) mass is 846 g/mol. The van der Waals surface area contributed by atoms with E-state index < -0.39 is 12.0 Å². The van der Waals surface area contributed by atoms with E-state index in [0.29, 0.717) is 44.3 Å². The molecular formula is C40H35IN2O7S2. The molecule has 0 spiro atoms. The van der Waals surface area contributed by atoms with Gasteiger partial charge in [-0.1, -0.05) is 65.9 Å². The molecule has 0 aliphatic carbocycles. The lowest BCUT2D eigenvalue weighted by molar-refractivity contribution is -0.138. The molecule has 0 amide bonds. The van der Waals surface area contributed by atoms with Crippen LogP contribution in [0, 0.1) is 3.57 Å². The quantitative estimate of drug-likeness (QED) is 0.0750. The number of hydrogen-bond acceptors (Lipinski definition) is 10. The first-order chi connectivity index (χ1) is 25.3. The summed E-state index contributed by atoms with van der Waals surface area (Å²) < 4.78 is 25.4. The molecule has 0 N–H and O–H groups in total. The fourth-order valence-electron chi connectivity index (χ4n) is 5.76. The maximum atomic E-state index is 14.4. The van der Waals surface area contributed by atoms with E-state index in [0.717, 1.165) is 30.7 Å². The van der Waals surface area contributed by atoms with Crippen LogP contribution in [-0.2, 0) is 20.9 Å². The van der Waals surface area contributed by atoms with Crippen molar-refractivity contribution >= 4 is 69.4 Å². The second kappa shape index (κ2) is 16.8. The van der Waals surface area contributed by atoms with Gasteiger partial charge in [-0.15, -0.1) is 11.8 Å². The lowest BCUT2D eigenvalue weighted by atomic mass is 9.93. The largest absolute Gasteiger partial charge is 0.493 e. The Hall–Kier alpha value is -4.66. The maximum Gasteiger partial charge on any atom is 0.338 e. The topological polar surface area (TPSA) is 105 Å². The van der Waals surface area contributed by atoms with Crippen LogP contribution in [0.25, 0.3) is 11.8 Å². The van der Waals surface area contributed by atoms with Crippen LogP contribution in [0.5, 0.6) is 11.5 Å². The summed E-state index contributed by atoms with van der Waals surface area (Å²) in [5, 5.41) is 0. The first-order valence-electron chi connectivity index (χ1n) is 16.4. The second-order valence-corrected chi connectivity index (χ2v) is 14.5. The minimum Gasteiger partial charge on any atom is -0.493 e. The van der Waals surface area contributed by atoms with Gasteiger partial charge in [0.05, 0.1) is 51.3 Å². The van der Waals surface area contributed by atoms with Crippen LogP contribution < -0.4 is 24.4 Å². The summed E-state index contributed by atoms with van der Waals surface area (Å²) in [6.07, 6.45) is 3.80. The predicted octanol–water partition coefficient (Wildman–Crippen LogP) is 7.03. The number of hydrogen-bond donors (Lipinski definition) is 0. The summed E-state index contributed by atoms with van der Waals surface area (Å²) >= 11 is 5.06. The minimum absolute atomic E-state index is 0.175. The lowest BCUT2D eigenvalue weighted by Gasteiger charge is -2.26. The molecule has 5 aromatic rings. The number of benzene rings is 4. The van der Waals surface area contributed by atoms with E-state index >= 15 is 0 Å². The van der Waals surface area contributed by atoms with Crippen molar-refractivity contribution in [2.45, 2.75) is 31.4 Å². The average Bonchev–Trinajstić information content (AvgIpc) is 3.47. The highest BCUT2D eigenvalue weighted by molar-refractivity contribution is 14.1. The zero-order valence-electron chi connectivity index (χ0n) is 28.9. The highest BCUT2D eigenvalue weighted by Crippen LogP contribution is 2.37. The van der Waals surface area contributed by atoms with E-state index in [-0.39, 0.29) is 24.7 Å². The van der Waals surface area contributed by atoms with E-state index in [1.54, 1.807) is 55.5 Å². The molecule has 1 aliphatic heterocycles. The Morgan fingerprint density at radius 1 is 0.942 bits per heavy atom. The molecule has 6 rings (SSSR count). The summed E-state index contributed by atoms with van der Waals surface area (Å²) in [4.78, 5) is 46.6. The Labute approximate surface area is 322 Å². The minimum atomic E-state index is -0.764. The molecule has 1 aliphatic rings. The highest BCUT2D eigenvalue weighted by atomic mass is 127. The van der Waals surface area contributed by atoms with Crippen molar-refractivity contribution in [3.63, 3.8) is 0 Å². The molecule has 0 bridgehead atoms. The Kier molecular flexibility index (Phi) is 12.0. The standard InChI is InChI=1S/C40H35IN2O7S2/c1-5-48-38(45)28-14-12-24(13-15-28)23-50-36-30(41)20-25(21-31(36)47-3)22-32-37(44)43-35(27-16-18-29(51-4)19-17-27)33(39(46)49-6-2)34(42-40(43)52-32)26-10-8-7-9-11-26/h7-22,35H,5-6,23H2,1-4H3/b32-22-/t35-/m0/s1. The van der Waals surface area contributed by atoms with Gasteiger partial charge in [-0.25, -0.2) is 14.6 Å². The Morgan fingerprint density at radius 3 is 2.29 bits per heavy atom. The number of thioether (sulfide) groups is 1. The molecule has 0 fully saturated rings. The molecule has 1 aromatic heterocycles. The van der Waals surface area contributed by atoms with Gasteiger partial charge in [-0.3, -0.25) is 9.36 Å². The second-order valence-electron chi connectivity index (χ2n) is 11.4. The predicted molar refractivity (Wildman–Crippen MR) is 212 cm³/mol. The van der Waals surface area contributed by atoms with Crippen LogP contribution in [-0.4, -0.2) is 43.1 Å². The number of halogens is 1. The van der Waals surface area contributed by atoms with Gasteiger partial charge in [0, 0.05) is 10.5 Å². The third-order valence-electron chi connectivity index (χ3n) is 8.20. The summed E-state index contributed by atoms with van der Waals surface area (Å²) in [5.74, 6) is 0.155. The number of methoxy groups -OCH3 is 1. The van der Waals surface area contributed by atoms with Crippen molar-refractivity contribution in [1.82, 2.24) is 4.57 Å². The van der Waals surface area contributed by atoms with Gasteiger partial charge >= 0.3 is 11.9 Å². The van der Waals surface area contributed by atoms with Crippen molar-refractivity contribution in [1.29, 1.82) is 0 Å². The molecule has 0 saturated carbocycles. The van der Waals surface area contributed by atoms with E-state index in [4.69, 9.17) is 23.9 Å². The van der Waals surface area contributed by atoms with Crippen LogP contribution in [0.1, 0.15) is 52.5 Å². The molecule has 0 radical (unpaired) electrons. The molecule has 266 valence electrons. The number of rotatable bonds is 12. The van der Waals surface area contributed by atoms with Crippen LogP contribution in [0.3, 0.4) is 0 Å². The van der Waals surface area contributed by atoms with E-state index in [1.807, 2.05) is 85.1 Å². The first kappa shape index (κ1) is 37.1. The number of nitrogens with zero attached hydrogens (tertiary/aromatic N) is 2. The van der Waals surface area contributed by atoms with E-state index in [1.165, 1.54) is 11.3 Å². The zero-order chi connectivity index (χ0) is 36.8. The molecule has 12 heteroatoms. The van der Waals surface area contributed by atoms with Crippen molar-refractivity contribution in [3.8, 4) is 11.5 Å². The normalized spacial score (nSPS) is 14.0. The van der Waals surface area contributed by atoms with Gasteiger partial charge in [-0.05, 0) is 102 Å². The molecule has 52 heavy (non-hydrogen) atoms. The number of carbonyl (C=O) groups is 2. The number of aromatic nitrogens is 1. The lowest BCUT2D eigenvalue weighted by Crippen LogP contribution is -2.40. The van der Waals surface area contributed by atoms with Crippen LogP contribution in [0.4, 0.5) is 0 Å². The number of ether oxygens (including phenoxy) is 4.